The molecule has 2 amide bonds. The molecule has 3 saturated heterocycles. The highest BCUT2D eigenvalue weighted by molar-refractivity contribution is 5.68. The Morgan fingerprint density at radius 3 is 2.35 bits per heavy atom. The summed E-state index contributed by atoms with van der Waals surface area (Å²) in [6, 6.07) is 0. The van der Waals surface area contributed by atoms with E-state index in [0.29, 0.717) is 24.3 Å². The summed E-state index contributed by atoms with van der Waals surface area (Å²) in [5.41, 5.74) is 0.106. The quantitative estimate of drug-likeness (QED) is 0.326. The van der Waals surface area contributed by atoms with E-state index in [2.05, 4.69) is 58.7 Å². The van der Waals surface area contributed by atoms with Crippen molar-refractivity contribution in [3.8, 4) is 0 Å². The van der Waals surface area contributed by atoms with Gasteiger partial charge < -0.3 is 34.3 Å². The summed E-state index contributed by atoms with van der Waals surface area (Å²) in [5, 5.41) is 15.7. The van der Waals surface area contributed by atoms with E-state index in [1.807, 2.05) is 0 Å². The minimum absolute atomic E-state index is 0.0230. The van der Waals surface area contributed by atoms with Gasteiger partial charge in [-0.2, -0.15) is 0 Å². The van der Waals surface area contributed by atoms with E-state index < -0.39 is 6.10 Å². The standard InChI is InChI=1S/C41H67N3O7/c1-25(2)32(51-36(47)44-16-8-17-44)27-23-26(3)31-33(49-27)34(45)39(7)29-10-9-28-37(4,5)30(50-35(46)42-15-18-43-19-21-48-22-20-43)11-12-40(28)24-41(29,40)14-13-38(31,39)6/h25-34,45H,8-24H2,1-7H3,(H,42,46)/t26-,27-,28+,29+,30+,31+,32-,33+,34+,38-,39-,40-,41?/m1/s1. The highest BCUT2D eigenvalue weighted by atomic mass is 16.6. The van der Waals surface area contributed by atoms with Crippen LogP contribution in [-0.2, 0) is 18.9 Å². The van der Waals surface area contributed by atoms with Crippen LogP contribution in [0.25, 0.3) is 0 Å². The van der Waals surface area contributed by atoms with E-state index in [1.165, 1.54) is 12.8 Å². The van der Waals surface area contributed by atoms with Crippen LogP contribution in [0.5, 0.6) is 0 Å². The first-order valence-corrected chi connectivity index (χ1v) is 20.7. The van der Waals surface area contributed by atoms with Crippen molar-refractivity contribution in [3.05, 3.63) is 0 Å². The Bertz CT molecular complexity index is 1350. The molecule has 3 aliphatic heterocycles. The van der Waals surface area contributed by atoms with E-state index in [1.54, 1.807) is 4.90 Å². The highest BCUT2D eigenvalue weighted by Gasteiger charge is 2.84. The van der Waals surface area contributed by atoms with Crippen LogP contribution in [0.2, 0.25) is 0 Å². The molecule has 2 spiro atoms. The molecule has 3 heterocycles. The first kappa shape index (κ1) is 36.4. The van der Waals surface area contributed by atoms with Crippen molar-refractivity contribution < 1.29 is 33.6 Å². The number of aliphatic hydroxyl groups is 1. The summed E-state index contributed by atoms with van der Waals surface area (Å²) in [5.74, 6) is 1.72. The van der Waals surface area contributed by atoms with Gasteiger partial charge in [0.25, 0.3) is 0 Å². The zero-order valence-corrected chi connectivity index (χ0v) is 32.6. The second kappa shape index (κ2) is 12.7. The predicted molar refractivity (Wildman–Crippen MR) is 193 cm³/mol. The molecule has 2 N–H and O–H groups in total. The Kier molecular flexibility index (Phi) is 9.07. The summed E-state index contributed by atoms with van der Waals surface area (Å²) in [6.45, 7) is 22.6. The number of hydrogen-bond acceptors (Lipinski definition) is 8. The maximum absolute atomic E-state index is 13.1. The van der Waals surface area contributed by atoms with Crippen molar-refractivity contribution in [2.24, 2.45) is 56.7 Å². The molecule has 8 rings (SSSR count). The van der Waals surface area contributed by atoms with Crippen LogP contribution in [0, 0.1) is 56.7 Å². The molecule has 0 aromatic carbocycles. The van der Waals surface area contributed by atoms with Gasteiger partial charge in [0.15, 0.2) is 0 Å². The van der Waals surface area contributed by atoms with Gasteiger partial charge in [0.1, 0.15) is 12.2 Å². The fourth-order valence-electron chi connectivity index (χ4n) is 14.4. The molecule has 13 atom stereocenters. The van der Waals surface area contributed by atoms with E-state index in [0.717, 1.165) is 90.9 Å². The number of aliphatic hydroxyl groups excluding tert-OH is 1. The highest BCUT2D eigenvalue weighted by Crippen LogP contribution is 2.89. The van der Waals surface area contributed by atoms with Crippen molar-refractivity contribution >= 4 is 12.2 Å². The Morgan fingerprint density at radius 1 is 0.961 bits per heavy atom. The molecule has 1 unspecified atom stereocenters. The number of rotatable bonds is 7. The number of nitrogens with zero attached hydrogens (tertiary/aromatic N) is 2. The lowest BCUT2D eigenvalue weighted by Gasteiger charge is -2.63. The molecule has 0 aromatic heterocycles. The lowest BCUT2D eigenvalue weighted by molar-refractivity contribution is -0.185. The number of nitrogens with one attached hydrogen (secondary N) is 1. The third kappa shape index (κ3) is 5.28. The van der Waals surface area contributed by atoms with Gasteiger partial charge in [0.2, 0.25) is 0 Å². The van der Waals surface area contributed by atoms with E-state index in [-0.39, 0.29) is 75.5 Å². The summed E-state index contributed by atoms with van der Waals surface area (Å²) in [4.78, 5) is 30.1. The zero-order chi connectivity index (χ0) is 36.1. The molecule has 288 valence electrons. The van der Waals surface area contributed by atoms with Crippen molar-refractivity contribution in [1.29, 1.82) is 0 Å². The normalized spacial score (nSPS) is 47.4. The average molecular weight is 714 g/mol. The van der Waals surface area contributed by atoms with Crippen molar-refractivity contribution in [2.75, 3.05) is 52.5 Å². The van der Waals surface area contributed by atoms with Crippen LogP contribution >= 0.6 is 0 Å². The third-order valence-electron chi connectivity index (χ3n) is 17.2. The van der Waals surface area contributed by atoms with Crippen LogP contribution in [-0.4, -0.2) is 110 Å². The molecule has 8 aliphatic rings. The second-order valence-electron chi connectivity index (χ2n) is 19.8. The van der Waals surface area contributed by atoms with Gasteiger partial charge in [-0.1, -0.05) is 48.5 Å². The van der Waals surface area contributed by atoms with Gasteiger partial charge in [-0.3, -0.25) is 4.90 Å². The van der Waals surface area contributed by atoms with Crippen LogP contribution < -0.4 is 5.32 Å². The Hall–Kier alpha value is -1.62. The van der Waals surface area contributed by atoms with Gasteiger partial charge in [-0.05, 0) is 104 Å². The van der Waals surface area contributed by atoms with Gasteiger partial charge in [-0.25, -0.2) is 9.59 Å². The molecular formula is C41H67N3O7. The molecule has 10 nitrogen and oxygen atoms in total. The lowest BCUT2D eigenvalue weighted by Crippen LogP contribution is -2.60. The van der Waals surface area contributed by atoms with Gasteiger partial charge >= 0.3 is 12.2 Å². The maximum Gasteiger partial charge on any atom is 0.410 e. The Labute approximate surface area is 306 Å². The molecule has 5 aliphatic carbocycles. The molecule has 10 heteroatoms. The van der Waals surface area contributed by atoms with Gasteiger partial charge in [0.05, 0.1) is 31.5 Å². The van der Waals surface area contributed by atoms with E-state index >= 15 is 0 Å². The summed E-state index contributed by atoms with van der Waals surface area (Å²) < 4.78 is 24.9. The van der Waals surface area contributed by atoms with E-state index in [9.17, 15) is 14.7 Å². The molecule has 51 heavy (non-hydrogen) atoms. The number of hydrogen-bond donors (Lipinski definition) is 2. The SMILES string of the molecule is CC(C)[C@@H](OC(=O)N1CCC1)[C@H]1C[C@@H](C)[C@H]2[C@H](O1)[C@H](O)[C@@]1(C)[C@@H]3CC[C@H]4C(C)(C)[C@@H](OC(=O)NCCN5CCOCC5)CC[C@@]45CC35CC[C@]21C. The van der Waals surface area contributed by atoms with Crippen LogP contribution in [0.1, 0.15) is 106 Å². The first-order chi connectivity index (χ1) is 24.2. The summed E-state index contributed by atoms with van der Waals surface area (Å²) in [7, 11) is 0. The van der Waals surface area contributed by atoms with Crippen molar-refractivity contribution in [1.82, 2.24) is 15.1 Å². The predicted octanol–water partition coefficient (Wildman–Crippen LogP) is 6.09. The molecule has 0 bridgehead atoms. The number of likely N-dealkylation sites (tertiary alicyclic amines) is 1. The number of alkyl carbamates (subject to hydrolysis) is 1. The van der Waals surface area contributed by atoms with Crippen LogP contribution in [0.3, 0.4) is 0 Å². The summed E-state index contributed by atoms with van der Waals surface area (Å²) in [6.07, 6.45) is 7.78. The number of carbonyl (C=O) groups excluding carboxylic acids is 2. The maximum atomic E-state index is 13.1. The van der Waals surface area contributed by atoms with Crippen molar-refractivity contribution in [2.45, 2.75) is 137 Å². The second-order valence-corrected chi connectivity index (χ2v) is 19.8. The van der Waals surface area contributed by atoms with Crippen LogP contribution in [0.4, 0.5) is 9.59 Å². The van der Waals surface area contributed by atoms with Crippen molar-refractivity contribution in [3.63, 3.8) is 0 Å². The molecular weight excluding hydrogens is 646 g/mol. The monoisotopic (exact) mass is 713 g/mol. The number of carbonyl (C=O) groups is 2. The minimum Gasteiger partial charge on any atom is -0.446 e. The Balaban J connectivity index is 0.969. The number of fused-ring (bicyclic) bond motifs is 4. The van der Waals surface area contributed by atoms with Gasteiger partial charge in [-0.15, -0.1) is 0 Å². The fraction of sp³-hybridized carbons (Fsp3) is 0.951. The Morgan fingerprint density at radius 2 is 1.67 bits per heavy atom. The number of ether oxygens (including phenoxy) is 4. The fourth-order valence-corrected chi connectivity index (χ4v) is 14.4. The molecule has 8 fully saturated rings. The summed E-state index contributed by atoms with van der Waals surface area (Å²) >= 11 is 0. The van der Waals surface area contributed by atoms with Crippen LogP contribution in [0.15, 0.2) is 0 Å². The number of amides is 2. The molecule has 0 aromatic rings. The first-order valence-electron chi connectivity index (χ1n) is 20.7. The van der Waals surface area contributed by atoms with Gasteiger partial charge in [0, 0.05) is 50.1 Å². The average Bonchev–Trinajstić information content (AvgIpc) is 3.69. The zero-order valence-electron chi connectivity index (χ0n) is 32.6. The largest absolute Gasteiger partial charge is 0.446 e. The molecule has 0 radical (unpaired) electrons. The number of morpholine rings is 1. The third-order valence-corrected chi connectivity index (χ3v) is 17.2. The minimum atomic E-state index is -0.554. The van der Waals surface area contributed by atoms with E-state index in [4.69, 9.17) is 18.9 Å². The molecule has 5 saturated carbocycles. The smallest absolute Gasteiger partial charge is 0.410 e. The lowest BCUT2D eigenvalue weighted by atomic mass is 9.41. The topological polar surface area (TPSA) is 110 Å².